The van der Waals surface area contributed by atoms with Crippen LogP contribution in [0.1, 0.15) is 104 Å². The molecule has 29 heavy (non-hydrogen) atoms. The zero-order valence-corrected chi connectivity index (χ0v) is 18.4. The smallest absolute Gasteiger partial charge is 0.333 e. The number of hydrogen-bond acceptors (Lipinski definition) is 5. The first kappa shape index (κ1) is 25.4. The summed E-state index contributed by atoms with van der Waals surface area (Å²) in [5, 5.41) is 12.2. The van der Waals surface area contributed by atoms with Crippen LogP contribution in [0.5, 0.6) is 0 Å². The fourth-order valence-corrected chi connectivity index (χ4v) is 4.41. The van der Waals surface area contributed by atoms with E-state index in [4.69, 9.17) is 11.7 Å². The summed E-state index contributed by atoms with van der Waals surface area (Å²) in [5.41, 5.74) is -3.03. The normalized spacial score (nSPS) is 18.0. The molecule has 8 nitrogen and oxygen atoms in total. The molecule has 0 aromatic heterocycles. The number of hydrogen-bond donors (Lipinski definition) is 3. The number of rotatable bonds is 12. The average Bonchev–Trinajstić information content (AvgIpc) is 2.72. The van der Waals surface area contributed by atoms with E-state index in [-0.39, 0.29) is 18.7 Å². The van der Waals surface area contributed by atoms with Gasteiger partial charge in [-0.2, -0.15) is 0 Å². The van der Waals surface area contributed by atoms with Gasteiger partial charge in [0, 0.05) is 12.8 Å². The summed E-state index contributed by atoms with van der Waals surface area (Å²) in [6.07, 6.45) is 8.68. The van der Waals surface area contributed by atoms with Crippen molar-refractivity contribution in [1.82, 2.24) is 10.0 Å². The van der Waals surface area contributed by atoms with Gasteiger partial charge in [0.2, 0.25) is 11.8 Å². The Hall–Kier alpha value is -1.67. The molecule has 1 unspecified atom stereocenters. The van der Waals surface area contributed by atoms with Crippen molar-refractivity contribution in [2.75, 3.05) is 0 Å². The second kappa shape index (κ2) is 11.5. The molecule has 0 aromatic carbocycles. The third kappa shape index (κ3) is 5.48. The predicted molar refractivity (Wildman–Crippen MR) is 112 cm³/mol. The van der Waals surface area contributed by atoms with Crippen LogP contribution in [0.25, 0.3) is 0 Å². The number of unbranched alkanes of at least 4 members (excludes halogenated alkanes) is 4. The van der Waals surface area contributed by atoms with E-state index in [1.807, 2.05) is 13.8 Å². The van der Waals surface area contributed by atoms with Crippen LogP contribution in [0.3, 0.4) is 0 Å². The van der Waals surface area contributed by atoms with Gasteiger partial charge in [-0.15, -0.1) is 0 Å². The molecule has 0 heterocycles. The summed E-state index contributed by atoms with van der Waals surface area (Å²) in [6.45, 7) is 5.52. The van der Waals surface area contributed by atoms with E-state index in [2.05, 4.69) is 0 Å². The summed E-state index contributed by atoms with van der Waals surface area (Å²) < 4.78 is 0. The van der Waals surface area contributed by atoms with Gasteiger partial charge in [0.1, 0.15) is 0 Å². The number of carbonyl (C=O) groups excluding carboxylic acids is 2. The lowest BCUT2D eigenvalue weighted by molar-refractivity contribution is -0.180. The van der Waals surface area contributed by atoms with Crippen LogP contribution in [0.15, 0.2) is 0 Å². The van der Waals surface area contributed by atoms with E-state index in [0.717, 1.165) is 55.0 Å². The van der Waals surface area contributed by atoms with Crippen LogP contribution < -0.4 is 11.7 Å². The highest BCUT2D eigenvalue weighted by Gasteiger charge is 2.61. The fraction of sp³-hybridized carbons (Fsp3) is 0.857. The van der Waals surface area contributed by atoms with Crippen molar-refractivity contribution in [1.29, 1.82) is 0 Å². The second-order valence-corrected chi connectivity index (χ2v) is 8.41. The standard InChI is InChI=1S/C21H40N4O4/c1-4-6-9-13-17(26)24(22)20(3,19(28)29)21(15-11-8-12-16-21)25(23)18(27)14-10-7-5-2/h4-16,22-23H2,1-3H3,(H,28,29). The SMILES string of the molecule is CCCCCC(=O)N(N)C1(C(C)(C(=O)O)N(N)C(=O)CCCCC)CCCCC1. The minimum absolute atomic E-state index is 0.179. The molecule has 1 atom stereocenters. The number of carboxylic acids is 1. The molecule has 1 aliphatic rings. The zero-order valence-electron chi connectivity index (χ0n) is 18.4. The lowest BCUT2D eigenvalue weighted by Crippen LogP contribution is -2.77. The monoisotopic (exact) mass is 412 g/mol. The van der Waals surface area contributed by atoms with Gasteiger partial charge >= 0.3 is 5.97 Å². The molecule has 1 rings (SSSR count). The van der Waals surface area contributed by atoms with E-state index in [0.29, 0.717) is 25.7 Å². The minimum atomic E-state index is -1.80. The number of amides is 2. The molecule has 2 amide bonds. The van der Waals surface area contributed by atoms with Gasteiger partial charge in [0.15, 0.2) is 5.54 Å². The number of carboxylic acid groups (broad SMARTS) is 1. The molecule has 8 heteroatoms. The Kier molecular flexibility index (Phi) is 10.1. The van der Waals surface area contributed by atoms with Gasteiger partial charge in [0.25, 0.3) is 0 Å². The highest BCUT2D eigenvalue weighted by molar-refractivity contribution is 5.89. The van der Waals surface area contributed by atoms with Gasteiger partial charge in [0.05, 0.1) is 5.54 Å². The summed E-state index contributed by atoms with van der Waals surface area (Å²) in [5.74, 6) is 10.5. The molecule has 1 saturated carbocycles. The molecule has 0 bridgehead atoms. The van der Waals surface area contributed by atoms with Crippen molar-refractivity contribution in [2.24, 2.45) is 11.7 Å². The van der Waals surface area contributed by atoms with E-state index in [1.54, 1.807) is 0 Å². The predicted octanol–water partition coefficient (Wildman–Crippen LogP) is 3.10. The maximum atomic E-state index is 12.9. The Morgan fingerprint density at radius 3 is 1.83 bits per heavy atom. The fourth-order valence-electron chi connectivity index (χ4n) is 4.41. The van der Waals surface area contributed by atoms with Gasteiger partial charge in [-0.25, -0.2) is 16.5 Å². The van der Waals surface area contributed by atoms with E-state index >= 15 is 0 Å². The Balaban J connectivity index is 3.25. The van der Waals surface area contributed by atoms with Crippen molar-refractivity contribution in [3.8, 4) is 0 Å². The van der Waals surface area contributed by atoms with E-state index in [1.165, 1.54) is 6.92 Å². The highest BCUT2D eigenvalue weighted by Crippen LogP contribution is 2.43. The summed E-state index contributed by atoms with van der Waals surface area (Å²) >= 11 is 0. The summed E-state index contributed by atoms with van der Waals surface area (Å²) in [7, 11) is 0. The van der Waals surface area contributed by atoms with E-state index < -0.39 is 23.0 Å². The Morgan fingerprint density at radius 1 is 0.897 bits per heavy atom. The van der Waals surface area contributed by atoms with Gasteiger partial charge in [-0.3, -0.25) is 19.6 Å². The first-order valence-electron chi connectivity index (χ1n) is 11.1. The van der Waals surface area contributed by atoms with Crippen molar-refractivity contribution in [3.63, 3.8) is 0 Å². The molecule has 5 N–H and O–H groups in total. The number of hydrazine groups is 2. The molecular formula is C21H40N4O4. The molecule has 1 fully saturated rings. The minimum Gasteiger partial charge on any atom is -0.479 e. The van der Waals surface area contributed by atoms with Crippen molar-refractivity contribution in [3.05, 3.63) is 0 Å². The maximum absolute atomic E-state index is 12.9. The zero-order chi connectivity index (χ0) is 22.1. The van der Waals surface area contributed by atoms with Gasteiger partial charge in [-0.1, -0.05) is 58.8 Å². The van der Waals surface area contributed by atoms with Crippen molar-refractivity contribution in [2.45, 2.75) is 115 Å². The van der Waals surface area contributed by atoms with Crippen LogP contribution in [0, 0.1) is 0 Å². The summed E-state index contributed by atoms with van der Waals surface area (Å²) in [4.78, 5) is 38.1. The molecule has 0 aliphatic heterocycles. The number of nitrogens with two attached hydrogens (primary N) is 2. The third-order valence-electron chi connectivity index (χ3n) is 6.47. The topological polar surface area (TPSA) is 130 Å². The lowest BCUT2D eigenvalue weighted by atomic mass is 9.67. The van der Waals surface area contributed by atoms with Crippen LogP contribution in [-0.4, -0.2) is 44.0 Å². The van der Waals surface area contributed by atoms with Gasteiger partial charge < -0.3 is 5.11 Å². The second-order valence-electron chi connectivity index (χ2n) is 8.41. The van der Waals surface area contributed by atoms with Crippen LogP contribution >= 0.6 is 0 Å². The number of aliphatic carboxylic acids is 1. The van der Waals surface area contributed by atoms with E-state index in [9.17, 15) is 19.5 Å². The third-order valence-corrected chi connectivity index (χ3v) is 6.47. The van der Waals surface area contributed by atoms with Gasteiger partial charge in [-0.05, 0) is 32.6 Å². The van der Waals surface area contributed by atoms with Crippen molar-refractivity contribution < 1.29 is 19.5 Å². The van der Waals surface area contributed by atoms with Crippen molar-refractivity contribution >= 4 is 17.8 Å². The quantitative estimate of drug-likeness (QED) is 0.195. The maximum Gasteiger partial charge on any atom is 0.333 e. The van der Waals surface area contributed by atoms with Crippen LogP contribution in [-0.2, 0) is 14.4 Å². The lowest BCUT2D eigenvalue weighted by Gasteiger charge is -2.55. The first-order valence-corrected chi connectivity index (χ1v) is 11.1. The molecular weight excluding hydrogens is 372 g/mol. The molecule has 0 saturated heterocycles. The molecule has 168 valence electrons. The largest absolute Gasteiger partial charge is 0.479 e. The molecule has 0 spiro atoms. The average molecular weight is 413 g/mol. The van der Waals surface area contributed by atoms with Crippen LogP contribution in [0.2, 0.25) is 0 Å². The Labute approximate surface area is 174 Å². The first-order chi connectivity index (χ1) is 13.7. The summed E-state index contributed by atoms with van der Waals surface area (Å²) in [6, 6.07) is 0. The Morgan fingerprint density at radius 2 is 1.38 bits per heavy atom. The highest BCUT2D eigenvalue weighted by atomic mass is 16.4. The number of carbonyl (C=O) groups is 3. The molecule has 0 aromatic rings. The number of nitrogens with zero attached hydrogens (tertiary/aromatic N) is 2. The molecule has 1 aliphatic carbocycles. The Bertz CT molecular complexity index is 563. The van der Waals surface area contributed by atoms with Crippen LogP contribution in [0.4, 0.5) is 0 Å². The molecule has 0 radical (unpaired) electrons.